The van der Waals surface area contributed by atoms with E-state index in [0.29, 0.717) is 11.0 Å². The number of hydrogen-bond donors (Lipinski definition) is 3. The highest BCUT2D eigenvalue weighted by Gasteiger charge is 2.34. The van der Waals surface area contributed by atoms with Crippen molar-refractivity contribution >= 4 is 22.5 Å². The molecule has 0 bridgehead atoms. The Hall–Kier alpha value is -1.21. The number of amides is 2. The molecule has 1 saturated carbocycles. The first-order chi connectivity index (χ1) is 9.53. The van der Waals surface area contributed by atoms with Crippen molar-refractivity contribution in [1.82, 2.24) is 15.5 Å². The number of aliphatic hydroxyl groups excluding tert-OH is 1. The van der Waals surface area contributed by atoms with Crippen molar-refractivity contribution in [1.29, 1.82) is 0 Å². The van der Waals surface area contributed by atoms with Crippen LogP contribution in [-0.4, -0.2) is 33.5 Å². The summed E-state index contributed by atoms with van der Waals surface area (Å²) in [5.41, 5.74) is -0.463. The van der Waals surface area contributed by atoms with E-state index < -0.39 is 5.54 Å². The van der Waals surface area contributed by atoms with Crippen LogP contribution >= 0.6 is 11.3 Å². The standard InChI is InChI=1S/C13H22N4O2S/c1-9(2)7-10-16-17-12(20-10)14-11(19)15-13(8-18)5-3-4-6-13/h9,18H,3-8H2,1-2H3,(H2,14,15,17,19). The molecule has 2 rings (SSSR count). The molecule has 0 aliphatic heterocycles. The molecule has 1 aromatic rings. The van der Waals surface area contributed by atoms with Gasteiger partial charge in [-0.15, -0.1) is 10.2 Å². The molecule has 0 atom stereocenters. The highest BCUT2D eigenvalue weighted by atomic mass is 32.1. The molecule has 1 aliphatic rings. The maximum Gasteiger partial charge on any atom is 0.321 e. The zero-order valence-corrected chi connectivity index (χ0v) is 12.8. The lowest BCUT2D eigenvalue weighted by molar-refractivity contribution is 0.167. The average molecular weight is 298 g/mol. The van der Waals surface area contributed by atoms with Gasteiger partial charge < -0.3 is 10.4 Å². The Bertz CT molecular complexity index is 455. The lowest BCUT2D eigenvalue weighted by Gasteiger charge is -2.27. The first-order valence-electron chi connectivity index (χ1n) is 7.05. The quantitative estimate of drug-likeness (QED) is 0.777. The van der Waals surface area contributed by atoms with Gasteiger partial charge >= 0.3 is 6.03 Å². The van der Waals surface area contributed by atoms with Gasteiger partial charge in [-0.1, -0.05) is 38.0 Å². The molecular weight excluding hydrogens is 276 g/mol. The summed E-state index contributed by atoms with van der Waals surface area (Å²) in [4.78, 5) is 12.0. The number of aliphatic hydroxyl groups is 1. The molecule has 1 heterocycles. The zero-order valence-electron chi connectivity index (χ0n) is 12.0. The van der Waals surface area contributed by atoms with Crippen molar-refractivity contribution in [3.63, 3.8) is 0 Å². The van der Waals surface area contributed by atoms with Gasteiger partial charge in [-0.3, -0.25) is 5.32 Å². The minimum absolute atomic E-state index is 0.0187. The number of carbonyl (C=O) groups excluding carboxylic acids is 1. The molecule has 3 N–H and O–H groups in total. The van der Waals surface area contributed by atoms with E-state index in [1.54, 1.807) is 0 Å². The summed E-state index contributed by atoms with van der Waals surface area (Å²) in [5, 5.41) is 24.5. The van der Waals surface area contributed by atoms with Crippen molar-refractivity contribution in [2.75, 3.05) is 11.9 Å². The second kappa shape index (κ2) is 6.49. The molecule has 1 fully saturated rings. The maximum absolute atomic E-state index is 12.0. The fraction of sp³-hybridized carbons (Fsp3) is 0.769. The fourth-order valence-electron chi connectivity index (χ4n) is 2.48. The normalized spacial score (nSPS) is 17.4. The Morgan fingerprint density at radius 3 is 2.70 bits per heavy atom. The van der Waals surface area contributed by atoms with Crippen molar-refractivity contribution in [3.05, 3.63) is 5.01 Å². The number of nitrogens with one attached hydrogen (secondary N) is 2. The third-order valence-corrected chi connectivity index (χ3v) is 4.37. The molecule has 20 heavy (non-hydrogen) atoms. The number of carbonyl (C=O) groups is 1. The Morgan fingerprint density at radius 2 is 2.10 bits per heavy atom. The number of hydrogen-bond acceptors (Lipinski definition) is 5. The Kier molecular flexibility index (Phi) is 4.93. The summed E-state index contributed by atoms with van der Waals surface area (Å²) in [6.07, 6.45) is 4.59. The summed E-state index contributed by atoms with van der Waals surface area (Å²) in [6, 6.07) is -0.312. The minimum atomic E-state index is -0.463. The van der Waals surface area contributed by atoms with Crippen LogP contribution in [0.2, 0.25) is 0 Å². The first-order valence-corrected chi connectivity index (χ1v) is 7.87. The molecule has 6 nitrogen and oxygen atoms in total. The van der Waals surface area contributed by atoms with Crippen LogP contribution < -0.4 is 10.6 Å². The van der Waals surface area contributed by atoms with Crippen LogP contribution in [0.5, 0.6) is 0 Å². The molecule has 0 saturated heterocycles. The van der Waals surface area contributed by atoms with Crippen molar-refractivity contribution in [3.8, 4) is 0 Å². The predicted molar refractivity (Wildman–Crippen MR) is 78.9 cm³/mol. The van der Waals surface area contributed by atoms with Gasteiger partial charge in [0.15, 0.2) is 0 Å². The van der Waals surface area contributed by atoms with E-state index in [-0.39, 0.29) is 12.6 Å². The smallest absolute Gasteiger partial charge is 0.321 e. The van der Waals surface area contributed by atoms with Crippen LogP contribution in [0, 0.1) is 5.92 Å². The maximum atomic E-state index is 12.0. The fourth-order valence-corrected chi connectivity index (χ4v) is 3.43. The van der Waals surface area contributed by atoms with Gasteiger partial charge in [-0.05, 0) is 18.8 Å². The van der Waals surface area contributed by atoms with E-state index in [0.717, 1.165) is 37.1 Å². The molecule has 0 spiro atoms. The van der Waals surface area contributed by atoms with Crippen molar-refractivity contribution in [2.45, 2.75) is 51.5 Å². The molecule has 112 valence electrons. The SMILES string of the molecule is CC(C)Cc1nnc(NC(=O)NC2(CO)CCCC2)s1. The topological polar surface area (TPSA) is 87.1 Å². The molecule has 1 aliphatic carbocycles. The predicted octanol–water partition coefficient (Wildman–Crippen LogP) is 2.16. The molecule has 0 unspecified atom stereocenters. The van der Waals surface area contributed by atoms with Crippen LogP contribution in [0.25, 0.3) is 0 Å². The molecule has 7 heteroatoms. The molecule has 2 amide bonds. The van der Waals surface area contributed by atoms with E-state index in [1.807, 2.05) is 0 Å². The van der Waals surface area contributed by atoms with Crippen LogP contribution in [0.1, 0.15) is 44.5 Å². The van der Waals surface area contributed by atoms with Gasteiger partial charge in [-0.2, -0.15) is 0 Å². The highest BCUT2D eigenvalue weighted by Crippen LogP contribution is 2.29. The van der Waals surface area contributed by atoms with Crippen LogP contribution in [-0.2, 0) is 6.42 Å². The second-order valence-electron chi connectivity index (χ2n) is 5.82. The number of nitrogens with zero attached hydrogens (tertiary/aromatic N) is 2. The second-order valence-corrected chi connectivity index (χ2v) is 6.89. The number of rotatable bonds is 5. The Labute approximate surface area is 123 Å². The van der Waals surface area contributed by atoms with Gasteiger partial charge in [0.1, 0.15) is 5.01 Å². The number of anilines is 1. The summed E-state index contributed by atoms with van der Waals surface area (Å²) in [5.74, 6) is 0.515. The van der Waals surface area contributed by atoms with E-state index >= 15 is 0 Å². The lowest BCUT2D eigenvalue weighted by atomic mass is 9.99. The van der Waals surface area contributed by atoms with E-state index in [1.165, 1.54) is 11.3 Å². The number of urea groups is 1. The minimum Gasteiger partial charge on any atom is -0.394 e. The van der Waals surface area contributed by atoms with Crippen LogP contribution in [0.4, 0.5) is 9.93 Å². The largest absolute Gasteiger partial charge is 0.394 e. The molecular formula is C13H22N4O2S. The lowest BCUT2D eigenvalue weighted by Crippen LogP contribution is -2.50. The summed E-state index contributed by atoms with van der Waals surface area (Å²) < 4.78 is 0. The van der Waals surface area contributed by atoms with Gasteiger partial charge in [0.2, 0.25) is 5.13 Å². The highest BCUT2D eigenvalue weighted by molar-refractivity contribution is 7.15. The van der Waals surface area contributed by atoms with Crippen LogP contribution in [0.15, 0.2) is 0 Å². The van der Waals surface area contributed by atoms with E-state index in [2.05, 4.69) is 34.7 Å². The third kappa shape index (κ3) is 3.89. The van der Waals surface area contributed by atoms with Gasteiger partial charge in [0.25, 0.3) is 0 Å². The number of aromatic nitrogens is 2. The van der Waals surface area contributed by atoms with Crippen LogP contribution in [0.3, 0.4) is 0 Å². The van der Waals surface area contributed by atoms with Gasteiger partial charge in [0, 0.05) is 6.42 Å². The van der Waals surface area contributed by atoms with Gasteiger partial charge in [-0.25, -0.2) is 4.79 Å². The Morgan fingerprint density at radius 1 is 1.40 bits per heavy atom. The van der Waals surface area contributed by atoms with E-state index in [4.69, 9.17) is 0 Å². The molecule has 0 radical (unpaired) electrons. The average Bonchev–Trinajstić information content (AvgIpc) is 2.99. The molecule has 0 aromatic carbocycles. The monoisotopic (exact) mass is 298 g/mol. The molecule has 1 aromatic heterocycles. The van der Waals surface area contributed by atoms with Gasteiger partial charge in [0.05, 0.1) is 12.1 Å². The van der Waals surface area contributed by atoms with Crippen molar-refractivity contribution in [2.24, 2.45) is 5.92 Å². The zero-order chi connectivity index (χ0) is 14.6. The summed E-state index contributed by atoms with van der Waals surface area (Å²) in [6.45, 7) is 4.22. The summed E-state index contributed by atoms with van der Waals surface area (Å²) >= 11 is 1.40. The Balaban J connectivity index is 1.89. The first kappa shape index (κ1) is 15.2. The van der Waals surface area contributed by atoms with E-state index in [9.17, 15) is 9.90 Å². The third-order valence-electron chi connectivity index (χ3n) is 3.51. The summed E-state index contributed by atoms with van der Waals surface area (Å²) in [7, 11) is 0. The van der Waals surface area contributed by atoms with Crippen molar-refractivity contribution < 1.29 is 9.90 Å².